The maximum atomic E-state index is 12.0. The van der Waals surface area contributed by atoms with Gasteiger partial charge < -0.3 is 14.7 Å². The summed E-state index contributed by atoms with van der Waals surface area (Å²) in [4.78, 5) is 24.2. The summed E-state index contributed by atoms with van der Waals surface area (Å²) in [5, 5.41) is 10.8. The van der Waals surface area contributed by atoms with Crippen LogP contribution in [-0.2, 0) is 9.53 Å². The van der Waals surface area contributed by atoms with Crippen LogP contribution in [-0.4, -0.2) is 48.7 Å². The number of thiophene rings is 1. The molecule has 0 saturated carbocycles. The van der Waals surface area contributed by atoms with Crippen molar-refractivity contribution in [2.75, 3.05) is 26.8 Å². The highest BCUT2D eigenvalue weighted by molar-refractivity contribution is 7.12. The van der Waals surface area contributed by atoms with E-state index < -0.39 is 5.97 Å². The molecule has 0 aliphatic heterocycles. The summed E-state index contributed by atoms with van der Waals surface area (Å²) < 4.78 is 4.84. The quantitative estimate of drug-likeness (QED) is 0.857. The molecule has 17 heavy (non-hydrogen) atoms. The van der Waals surface area contributed by atoms with Crippen LogP contribution in [0.3, 0.4) is 0 Å². The maximum Gasteiger partial charge on any atom is 0.323 e. The molecule has 0 aliphatic carbocycles. The van der Waals surface area contributed by atoms with E-state index in [0.29, 0.717) is 9.90 Å². The first-order valence-electron chi connectivity index (χ1n) is 4.79. The third kappa shape index (κ3) is 3.99. The van der Waals surface area contributed by atoms with Crippen molar-refractivity contribution >= 4 is 34.8 Å². The first kappa shape index (κ1) is 14.0. The lowest BCUT2D eigenvalue weighted by atomic mass is 10.3. The molecular weight excluding hydrogens is 266 g/mol. The van der Waals surface area contributed by atoms with Crippen molar-refractivity contribution in [1.29, 1.82) is 0 Å². The molecule has 0 fully saturated rings. The fraction of sp³-hybridized carbons (Fsp3) is 0.400. The van der Waals surface area contributed by atoms with E-state index in [4.69, 9.17) is 21.4 Å². The Morgan fingerprint density at radius 2 is 2.29 bits per heavy atom. The summed E-state index contributed by atoms with van der Waals surface area (Å²) in [7, 11) is 1.49. The van der Waals surface area contributed by atoms with E-state index in [9.17, 15) is 9.59 Å². The third-order valence-corrected chi connectivity index (χ3v) is 3.32. The number of rotatable bonds is 6. The second-order valence-corrected chi connectivity index (χ2v) is 4.53. The fourth-order valence-corrected chi connectivity index (χ4v) is 2.31. The topological polar surface area (TPSA) is 66.8 Å². The highest BCUT2D eigenvalue weighted by Gasteiger charge is 2.21. The maximum absolute atomic E-state index is 12.0. The molecule has 0 spiro atoms. The van der Waals surface area contributed by atoms with E-state index in [2.05, 4.69) is 0 Å². The Morgan fingerprint density at radius 3 is 2.76 bits per heavy atom. The number of hydrogen-bond acceptors (Lipinski definition) is 4. The molecule has 0 saturated heterocycles. The number of hydrogen-bond donors (Lipinski definition) is 1. The highest BCUT2D eigenvalue weighted by Crippen LogP contribution is 2.23. The standard InChI is InChI=1S/C10H12ClNO4S/c1-16-4-3-12(6-8(13)14)10(15)9-7(11)2-5-17-9/h2,5H,3-4,6H2,1H3,(H,13,14). The van der Waals surface area contributed by atoms with E-state index >= 15 is 0 Å². The summed E-state index contributed by atoms with van der Waals surface area (Å²) in [6, 6.07) is 1.61. The van der Waals surface area contributed by atoms with Crippen LogP contribution < -0.4 is 0 Å². The van der Waals surface area contributed by atoms with Gasteiger partial charge in [0.1, 0.15) is 11.4 Å². The van der Waals surface area contributed by atoms with Gasteiger partial charge in [-0.05, 0) is 11.4 Å². The number of carbonyl (C=O) groups excluding carboxylic acids is 1. The van der Waals surface area contributed by atoms with Gasteiger partial charge in [-0.3, -0.25) is 9.59 Å². The monoisotopic (exact) mass is 277 g/mol. The minimum Gasteiger partial charge on any atom is -0.480 e. The molecule has 7 heteroatoms. The van der Waals surface area contributed by atoms with Gasteiger partial charge in [0.2, 0.25) is 0 Å². The molecule has 1 heterocycles. The van der Waals surface area contributed by atoms with Crippen LogP contribution in [0.15, 0.2) is 11.4 Å². The minimum atomic E-state index is -1.07. The van der Waals surface area contributed by atoms with Gasteiger partial charge in [0.15, 0.2) is 0 Å². The Balaban J connectivity index is 2.78. The Hall–Kier alpha value is -1.11. The van der Waals surface area contributed by atoms with E-state index in [0.717, 1.165) is 0 Å². The molecule has 0 atom stereocenters. The number of nitrogens with zero attached hydrogens (tertiary/aromatic N) is 1. The molecule has 1 rings (SSSR count). The predicted molar refractivity (Wildman–Crippen MR) is 64.7 cm³/mol. The number of ether oxygens (including phenoxy) is 1. The van der Waals surface area contributed by atoms with Gasteiger partial charge in [-0.15, -0.1) is 11.3 Å². The average Bonchev–Trinajstić information content (AvgIpc) is 2.69. The number of amides is 1. The van der Waals surface area contributed by atoms with Gasteiger partial charge >= 0.3 is 5.97 Å². The van der Waals surface area contributed by atoms with Crippen LogP contribution in [0.1, 0.15) is 9.67 Å². The number of carbonyl (C=O) groups is 2. The van der Waals surface area contributed by atoms with Crippen molar-refractivity contribution in [2.45, 2.75) is 0 Å². The zero-order chi connectivity index (χ0) is 12.8. The second-order valence-electron chi connectivity index (χ2n) is 3.21. The lowest BCUT2D eigenvalue weighted by Gasteiger charge is -2.19. The summed E-state index contributed by atoms with van der Waals surface area (Å²) in [5.74, 6) is -1.45. The molecule has 1 N–H and O–H groups in total. The number of aliphatic carboxylic acids is 1. The van der Waals surface area contributed by atoms with E-state index in [1.165, 1.54) is 23.3 Å². The van der Waals surface area contributed by atoms with Gasteiger partial charge in [-0.2, -0.15) is 0 Å². The largest absolute Gasteiger partial charge is 0.480 e. The lowest BCUT2D eigenvalue weighted by Crippen LogP contribution is -2.37. The lowest BCUT2D eigenvalue weighted by molar-refractivity contribution is -0.137. The normalized spacial score (nSPS) is 10.2. The summed E-state index contributed by atoms with van der Waals surface area (Å²) in [6.07, 6.45) is 0. The van der Waals surface area contributed by atoms with Crippen LogP contribution in [0, 0.1) is 0 Å². The van der Waals surface area contributed by atoms with Gasteiger partial charge in [0, 0.05) is 13.7 Å². The van der Waals surface area contributed by atoms with Crippen molar-refractivity contribution in [3.8, 4) is 0 Å². The Bertz CT molecular complexity index is 407. The summed E-state index contributed by atoms with van der Waals surface area (Å²) >= 11 is 7.02. The molecular formula is C10H12ClNO4S. The molecule has 1 amide bonds. The molecule has 0 aliphatic rings. The first-order valence-corrected chi connectivity index (χ1v) is 6.05. The first-order chi connectivity index (χ1) is 8.06. The fourth-order valence-electron chi connectivity index (χ4n) is 1.21. The van der Waals surface area contributed by atoms with Crippen LogP contribution in [0.5, 0.6) is 0 Å². The molecule has 0 bridgehead atoms. The van der Waals surface area contributed by atoms with Crippen molar-refractivity contribution in [1.82, 2.24) is 4.90 Å². The summed E-state index contributed by atoms with van der Waals surface area (Å²) in [5.41, 5.74) is 0. The van der Waals surface area contributed by atoms with E-state index in [1.807, 2.05) is 0 Å². The van der Waals surface area contributed by atoms with Gasteiger partial charge in [-0.25, -0.2) is 0 Å². The third-order valence-electron chi connectivity index (χ3n) is 1.99. The van der Waals surface area contributed by atoms with Gasteiger partial charge in [0.05, 0.1) is 11.6 Å². The van der Waals surface area contributed by atoms with E-state index in [1.54, 1.807) is 11.4 Å². The average molecular weight is 278 g/mol. The molecule has 1 aromatic rings. The molecule has 5 nitrogen and oxygen atoms in total. The van der Waals surface area contributed by atoms with Crippen molar-refractivity contribution in [3.63, 3.8) is 0 Å². The molecule has 1 aromatic heterocycles. The van der Waals surface area contributed by atoms with Crippen LogP contribution in [0.2, 0.25) is 5.02 Å². The van der Waals surface area contributed by atoms with Crippen molar-refractivity contribution in [2.24, 2.45) is 0 Å². The van der Waals surface area contributed by atoms with Gasteiger partial charge in [0.25, 0.3) is 5.91 Å². The molecule has 94 valence electrons. The van der Waals surface area contributed by atoms with Crippen LogP contribution in [0.4, 0.5) is 0 Å². The smallest absolute Gasteiger partial charge is 0.323 e. The highest BCUT2D eigenvalue weighted by atomic mass is 35.5. The second kappa shape index (κ2) is 6.58. The van der Waals surface area contributed by atoms with Crippen LogP contribution in [0.25, 0.3) is 0 Å². The molecule has 0 unspecified atom stereocenters. The molecule has 0 aromatic carbocycles. The number of carboxylic acid groups (broad SMARTS) is 1. The number of methoxy groups -OCH3 is 1. The predicted octanol–water partition coefficient (Wildman–Crippen LogP) is 1.57. The Kier molecular flexibility index (Phi) is 5.40. The zero-order valence-corrected chi connectivity index (χ0v) is 10.8. The number of halogens is 1. The summed E-state index contributed by atoms with van der Waals surface area (Å²) in [6.45, 7) is 0.133. The van der Waals surface area contributed by atoms with Crippen molar-refractivity contribution in [3.05, 3.63) is 21.3 Å². The van der Waals surface area contributed by atoms with Crippen LogP contribution >= 0.6 is 22.9 Å². The number of carboxylic acids is 1. The van der Waals surface area contributed by atoms with E-state index in [-0.39, 0.29) is 25.6 Å². The SMILES string of the molecule is COCCN(CC(=O)O)C(=O)c1sccc1Cl. The van der Waals surface area contributed by atoms with Gasteiger partial charge in [-0.1, -0.05) is 11.6 Å². The Labute approximate surface area is 108 Å². The Morgan fingerprint density at radius 1 is 1.59 bits per heavy atom. The van der Waals surface area contributed by atoms with Crippen molar-refractivity contribution < 1.29 is 19.4 Å². The molecule has 0 radical (unpaired) electrons. The zero-order valence-electron chi connectivity index (χ0n) is 9.18. The minimum absolute atomic E-state index is 0.218.